The van der Waals surface area contributed by atoms with Gasteiger partial charge in [0.15, 0.2) is 5.82 Å². The standard InChI is InChI=1S/C22H23ClN4O3/c1-30-19-13-11-18(12-14-19)26-20(15-7-9-16(23)10-8-15)25-27(22(26)29)21(28)24-17-5-3-2-4-6-17/h7-14,17H,2-6H2,1H3,(H,24,28). The monoisotopic (exact) mass is 426 g/mol. The molecule has 0 radical (unpaired) electrons. The average Bonchev–Trinajstić information content (AvgIpc) is 3.12. The van der Waals surface area contributed by atoms with E-state index in [9.17, 15) is 9.59 Å². The Hall–Kier alpha value is -3.06. The molecule has 0 saturated heterocycles. The van der Waals surface area contributed by atoms with E-state index in [1.54, 1.807) is 55.6 Å². The molecule has 2 aromatic carbocycles. The molecule has 0 atom stereocenters. The van der Waals surface area contributed by atoms with Crippen molar-refractivity contribution in [3.05, 3.63) is 64.0 Å². The zero-order chi connectivity index (χ0) is 21.1. The second-order valence-electron chi connectivity index (χ2n) is 7.34. The molecule has 1 fully saturated rings. The molecule has 0 aliphatic heterocycles. The Balaban J connectivity index is 1.77. The Kier molecular flexibility index (Phi) is 5.90. The Bertz CT molecular complexity index is 1080. The zero-order valence-electron chi connectivity index (χ0n) is 16.7. The van der Waals surface area contributed by atoms with Gasteiger partial charge in [-0.05, 0) is 61.4 Å². The number of rotatable bonds is 4. The molecule has 1 saturated carbocycles. The number of hydrogen-bond acceptors (Lipinski definition) is 4. The number of carbonyl (C=O) groups is 1. The molecule has 1 aromatic heterocycles. The van der Waals surface area contributed by atoms with E-state index in [0.717, 1.165) is 30.4 Å². The van der Waals surface area contributed by atoms with Crippen molar-refractivity contribution in [3.8, 4) is 22.8 Å². The van der Waals surface area contributed by atoms with Crippen molar-refractivity contribution in [2.45, 2.75) is 38.1 Å². The number of halogens is 1. The highest BCUT2D eigenvalue weighted by atomic mass is 35.5. The quantitative estimate of drug-likeness (QED) is 0.676. The first-order chi connectivity index (χ1) is 14.6. The fraction of sp³-hybridized carbons (Fsp3) is 0.318. The number of nitrogens with zero attached hydrogens (tertiary/aromatic N) is 3. The normalized spacial score (nSPS) is 14.5. The van der Waals surface area contributed by atoms with Crippen LogP contribution in [0.5, 0.6) is 5.75 Å². The summed E-state index contributed by atoms with van der Waals surface area (Å²) in [6.07, 6.45) is 5.18. The number of hydrogen-bond donors (Lipinski definition) is 1. The lowest BCUT2D eigenvalue weighted by molar-refractivity contribution is 0.230. The van der Waals surface area contributed by atoms with E-state index in [1.165, 1.54) is 11.0 Å². The van der Waals surface area contributed by atoms with E-state index >= 15 is 0 Å². The summed E-state index contributed by atoms with van der Waals surface area (Å²) >= 11 is 6.01. The molecular formula is C22H23ClN4O3. The highest BCUT2D eigenvalue weighted by Crippen LogP contribution is 2.23. The molecule has 1 aliphatic carbocycles. The van der Waals surface area contributed by atoms with Crippen LogP contribution in [0.1, 0.15) is 32.1 Å². The summed E-state index contributed by atoms with van der Waals surface area (Å²) in [5.74, 6) is 1.03. The van der Waals surface area contributed by atoms with Crippen molar-refractivity contribution >= 4 is 17.6 Å². The molecule has 4 rings (SSSR count). The van der Waals surface area contributed by atoms with Crippen molar-refractivity contribution in [2.24, 2.45) is 0 Å². The van der Waals surface area contributed by atoms with Gasteiger partial charge in [0.25, 0.3) is 0 Å². The minimum absolute atomic E-state index is 0.0725. The van der Waals surface area contributed by atoms with Gasteiger partial charge in [-0.1, -0.05) is 30.9 Å². The Morgan fingerprint density at radius 1 is 1.07 bits per heavy atom. The van der Waals surface area contributed by atoms with Crippen molar-refractivity contribution in [1.82, 2.24) is 19.7 Å². The van der Waals surface area contributed by atoms with Crippen LogP contribution in [-0.2, 0) is 0 Å². The maximum absolute atomic E-state index is 13.2. The molecular weight excluding hydrogens is 404 g/mol. The first-order valence-corrected chi connectivity index (χ1v) is 10.4. The van der Waals surface area contributed by atoms with Crippen molar-refractivity contribution < 1.29 is 9.53 Å². The molecule has 3 aromatic rings. The number of methoxy groups -OCH3 is 1. The van der Waals surface area contributed by atoms with E-state index in [0.29, 0.717) is 27.8 Å². The molecule has 1 amide bonds. The van der Waals surface area contributed by atoms with Crippen LogP contribution < -0.4 is 15.7 Å². The summed E-state index contributed by atoms with van der Waals surface area (Å²) in [6, 6.07) is 13.6. The molecule has 30 heavy (non-hydrogen) atoms. The molecule has 7 nitrogen and oxygen atoms in total. The van der Waals surface area contributed by atoms with Crippen molar-refractivity contribution in [1.29, 1.82) is 0 Å². The van der Waals surface area contributed by atoms with Gasteiger partial charge in [-0.3, -0.25) is 0 Å². The Labute approximate surface area is 179 Å². The van der Waals surface area contributed by atoms with Gasteiger partial charge >= 0.3 is 11.7 Å². The van der Waals surface area contributed by atoms with Crippen LogP contribution in [0, 0.1) is 0 Å². The number of amides is 1. The fourth-order valence-corrected chi connectivity index (χ4v) is 3.86. The molecule has 156 valence electrons. The molecule has 0 bridgehead atoms. The van der Waals surface area contributed by atoms with Gasteiger partial charge in [0.1, 0.15) is 5.75 Å². The molecule has 0 unspecified atom stereocenters. The number of carbonyl (C=O) groups excluding carboxylic acids is 1. The first-order valence-electron chi connectivity index (χ1n) is 10.00. The highest BCUT2D eigenvalue weighted by molar-refractivity contribution is 6.30. The lowest BCUT2D eigenvalue weighted by Gasteiger charge is -2.22. The summed E-state index contributed by atoms with van der Waals surface area (Å²) in [7, 11) is 1.58. The molecule has 1 N–H and O–H groups in total. The summed E-state index contributed by atoms with van der Waals surface area (Å²) in [6.45, 7) is 0. The second kappa shape index (κ2) is 8.75. The highest BCUT2D eigenvalue weighted by Gasteiger charge is 2.23. The second-order valence-corrected chi connectivity index (χ2v) is 7.78. The van der Waals surface area contributed by atoms with Crippen molar-refractivity contribution in [3.63, 3.8) is 0 Å². The van der Waals surface area contributed by atoms with Gasteiger partial charge in [0.05, 0.1) is 12.8 Å². The number of benzene rings is 2. The third kappa shape index (κ3) is 4.11. The summed E-state index contributed by atoms with van der Waals surface area (Å²) < 4.78 is 7.53. The van der Waals surface area contributed by atoms with Crippen LogP contribution in [-0.4, -0.2) is 33.5 Å². The van der Waals surface area contributed by atoms with Gasteiger partial charge in [0.2, 0.25) is 0 Å². The topological polar surface area (TPSA) is 78.2 Å². The molecule has 0 spiro atoms. The predicted molar refractivity (Wildman–Crippen MR) is 116 cm³/mol. The molecule has 8 heteroatoms. The van der Waals surface area contributed by atoms with Crippen molar-refractivity contribution in [2.75, 3.05) is 7.11 Å². The summed E-state index contributed by atoms with van der Waals surface area (Å²) in [5, 5.41) is 7.90. The maximum Gasteiger partial charge on any atom is 0.359 e. The van der Waals surface area contributed by atoms with E-state index in [1.807, 2.05) is 0 Å². The van der Waals surface area contributed by atoms with Crippen LogP contribution in [0.15, 0.2) is 53.3 Å². The summed E-state index contributed by atoms with van der Waals surface area (Å²) in [5.41, 5.74) is 0.734. The van der Waals surface area contributed by atoms with Gasteiger partial charge in [-0.25, -0.2) is 14.2 Å². The SMILES string of the molecule is COc1ccc(-n2c(-c3ccc(Cl)cc3)nn(C(=O)NC3CCCCC3)c2=O)cc1. The van der Waals surface area contributed by atoms with Crippen LogP contribution in [0.2, 0.25) is 5.02 Å². The average molecular weight is 427 g/mol. The van der Waals surface area contributed by atoms with E-state index < -0.39 is 11.7 Å². The minimum atomic E-state index is -0.529. The minimum Gasteiger partial charge on any atom is -0.497 e. The van der Waals surface area contributed by atoms with Crippen LogP contribution in [0.4, 0.5) is 4.79 Å². The van der Waals surface area contributed by atoms with Gasteiger partial charge < -0.3 is 10.1 Å². The Morgan fingerprint density at radius 3 is 2.37 bits per heavy atom. The zero-order valence-corrected chi connectivity index (χ0v) is 17.4. The van der Waals surface area contributed by atoms with Gasteiger partial charge in [0, 0.05) is 16.6 Å². The van der Waals surface area contributed by atoms with E-state index in [-0.39, 0.29) is 6.04 Å². The van der Waals surface area contributed by atoms with Crippen LogP contribution >= 0.6 is 11.6 Å². The molecule has 1 heterocycles. The van der Waals surface area contributed by atoms with E-state index in [2.05, 4.69) is 10.4 Å². The number of ether oxygens (including phenoxy) is 1. The lowest BCUT2D eigenvalue weighted by atomic mass is 9.96. The third-order valence-corrected chi connectivity index (χ3v) is 5.59. The van der Waals surface area contributed by atoms with Gasteiger partial charge in [-0.2, -0.15) is 0 Å². The largest absolute Gasteiger partial charge is 0.497 e. The third-order valence-electron chi connectivity index (χ3n) is 5.34. The fourth-order valence-electron chi connectivity index (χ4n) is 3.73. The van der Waals surface area contributed by atoms with E-state index in [4.69, 9.17) is 16.3 Å². The lowest BCUT2D eigenvalue weighted by Crippen LogP contribution is -2.43. The first kappa shape index (κ1) is 20.2. The summed E-state index contributed by atoms with van der Waals surface area (Å²) in [4.78, 5) is 26.1. The van der Waals surface area contributed by atoms with Gasteiger partial charge in [-0.15, -0.1) is 9.78 Å². The Morgan fingerprint density at radius 2 is 1.73 bits per heavy atom. The molecule has 1 aliphatic rings. The van der Waals surface area contributed by atoms with Crippen LogP contribution in [0.25, 0.3) is 17.1 Å². The number of nitrogens with one attached hydrogen (secondary N) is 1. The predicted octanol–water partition coefficient (Wildman–Crippen LogP) is 4.25. The maximum atomic E-state index is 13.2. The van der Waals surface area contributed by atoms with Crippen LogP contribution in [0.3, 0.4) is 0 Å². The number of aromatic nitrogens is 3. The smallest absolute Gasteiger partial charge is 0.359 e.